The van der Waals surface area contributed by atoms with Crippen molar-refractivity contribution in [3.8, 4) is 0 Å². The zero-order valence-electron chi connectivity index (χ0n) is 9.74. The third kappa shape index (κ3) is 3.75. The normalized spacial score (nSPS) is 10.4. The van der Waals surface area contributed by atoms with E-state index in [1.165, 1.54) is 11.3 Å². The molecule has 2 N–H and O–H groups in total. The SMILES string of the molecule is Cc1ccsc1C(=O)Nc1nnc(SCC(=O)O)s1. The first-order chi connectivity index (χ1) is 9.06. The molecular formula is C10H9N3O3S3. The molecule has 0 fully saturated rings. The molecule has 2 rings (SSSR count). The molecule has 1 amide bonds. The first-order valence-electron chi connectivity index (χ1n) is 5.10. The van der Waals surface area contributed by atoms with Crippen LogP contribution in [0.1, 0.15) is 15.2 Å². The van der Waals surface area contributed by atoms with Gasteiger partial charge in [-0.3, -0.25) is 14.9 Å². The van der Waals surface area contributed by atoms with Gasteiger partial charge < -0.3 is 5.11 Å². The third-order valence-corrected chi connectivity index (χ3v) is 4.99. The quantitative estimate of drug-likeness (QED) is 0.650. The molecule has 0 unspecified atom stereocenters. The summed E-state index contributed by atoms with van der Waals surface area (Å²) in [6, 6.07) is 1.87. The Kier molecular flexibility index (Phi) is 4.51. The van der Waals surface area contributed by atoms with Gasteiger partial charge in [-0.15, -0.1) is 21.5 Å². The third-order valence-electron chi connectivity index (χ3n) is 2.01. The lowest BCUT2D eigenvalue weighted by Gasteiger charge is -1.98. The summed E-state index contributed by atoms with van der Waals surface area (Å²) in [7, 11) is 0. The Hall–Kier alpha value is -1.45. The number of carboxylic acid groups (broad SMARTS) is 1. The van der Waals surface area contributed by atoms with Crippen LogP contribution in [0.3, 0.4) is 0 Å². The number of nitrogens with one attached hydrogen (secondary N) is 1. The first kappa shape index (κ1) is 14.0. The van der Waals surface area contributed by atoms with Gasteiger partial charge in [-0.1, -0.05) is 23.1 Å². The van der Waals surface area contributed by atoms with E-state index < -0.39 is 5.97 Å². The topological polar surface area (TPSA) is 92.2 Å². The Labute approximate surface area is 120 Å². The molecule has 0 aromatic carbocycles. The van der Waals surface area contributed by atoms with Crippen LogP contribution in [-0.4, -0.2) is 32.9 Å². The molecule has 9 heteroatoms. The van der Waals surface area contributed by atoms with Crippen molar-refractivity contribution < 1.29 is 14.7 Å². The number of rotatable bonds is 5. The molecule has 100 valence electrons. The molecule has 0 saturated heterocycles. The zero-order valence-corrected chi connectivity index (χ0v) is 12.2. The van der Waals surface area contributed by atoms with Crippen LogP contribution in [0, 0.1) is 6.92 Å². The molecule has 0 atom stereocenters. The Morgan fingerprint density at radius 3 is 2.89 bits per heavy atom. The fourth-order valence-corrected chi connectivity index (χ4v) is 3.49. The smallest absolute Gasteiger partial charge is 0.313 e. The predicted molar refractivity (Wildman–Crippen MR) is 75.3 cm³/mol. The Balaban J connectivity index is 1.98. The maximum absolute atomic E-state index is 11.9. The van der Waals surface area contributed by atoms with E-state index in [-0.39, 0.29) is 11.7 Å². The van der Waals surface area contributed by atoms with E-state index in [1.54, 1.807) is 0 Å². The number of amides is 1. The lowest BCUT2D eigenvalue weighted by atomic mass is 10.3. The summed E-state index contributed by atoms with van der Waals surface area (Å²) in [5.74, 6) is -1.22. The maximum Gasteiger partial charge on any atom is 0.313 e. The molecule has 0 aliphatic heterocycles. The van der Waals surface area contributed by atoms with Crippen LogP contribution >= 0.6 is 34.4 Å². The van der Waals surface area contributed by atoms with Crippen molar-refractivity contribution in [1.82, 2.24) is 10.2 Å². The van der Waals surface area contributed by atoms with Crippen LogP contribution in [0.25, 0.3) is 0 Å². The second-order valence-corrected chi connectivity index (χ2v) is 6.56. The highest BCUT2D eigenvalue weighted by Gasteiger charge is 2.14. The Bertz CT molecular complexity index is 608. The number of aryl methyl sites for hydroxylation is 1. The van der Waals surface area contributed by atoms with Gasteiger partial charge in [0.05, 0.1) is 10.6 Å². The van der Waals surface area contributed by atoms with E-state index in [9.17, 15) is 9.59 Å². The number of hydrogen-bond acceptors (Lipinski definition) is 7. The standard InChI is InChI=1S/C10H9N3O3S3/c1-5-2-3-17-7(5)8(16)11-9-12-13-10(19-9)18-4-6(14)15/h2-3H,4H2,1H3,(H,14,15)(H,11,12,16). The van der Waals surface area contributed by atoms with Crippen LogP contribution in [0.4, 0.5) is 5.13 Å². The lowest BCUT2D eigenvalue weighted by Crippen LogP contribution is -2.10. The molecule has 0 spiro atoms. The van der Waals surface area contributed by atoms with Crippen LogP contribution in [0.5, 0.6) is 0 Å². The highest BCUT2D eigenvalue weighted by atomic mass is 32.2. The van der Waals surface area contributed by atoms with Gasteiger partial charge in [-0.05, 0) is 23.9 Å². The van der Waals surface area contributed by atoms with Crippen LogP contribution in [-0.2, 0) is 4.79 Å². The van der Waals surface area contributed by atoms with Gasteiger partial charge in [0.25, 0.3) is 5.91 Å². The van der Waals surface area contributed by atoms with Gasteiger partial charge in [-0.25, -0.2) is 0 Å². The summed E-state index contributed by atoms with van der Waals surface area (Å²) in [6.45, 7) is 1.86. The van der Waals surface area contributed by atoms with Gasteiger partial charge in [0.1, 0.15) is 0 Å². The molecule has 0 radical (unpaired) electrons. The van der Waals surface area contributed by atoms with E-state index in [0.29, 0.717) is 14.3 Å². The fourth-order valence-electron chi connectivity index (χ4n) is 1.20. The number of nitrogens with zero attached hydrogens (tertiary/aromatic N) is 2. The molecule has 6 nitrogen and oxygen atoms in total. The van der Waals surface area contributed by atoms with Crippen molar-refractivity contribution in [2.45, 2.75) is 11.3 Å². The largest absolute Gasteiger partial charge is 0.481 e. The highest BCUT2D eigenvalue weighted by Crippen LogP contribution is 2.26. The van der Waals surface area contributed by atoms with Gasteiger partial charge in [0, 0.05) is 0 Å². The summed E-state index contributed by atoms with van der Waals surface area (Å²) in [5.41, 5.74) is 0.910. The molecule has 2 aromatic rings. The van der Waals surface area contributed by atoms with E-state index in [4.69, 9.17) is 5.11 Å². The molecule has 19 heavy (non-hydrogen) atoms. The monoisotopic (exact) mass is 315 g/mol. The van der Waals surface area contributed by atoms with Gasteiger partial charge in [0.2, 0.25) is 5.13 Å². The van der Waals surface area contributed by atoms with E-state index in [2.05, 4.69) is 15.5 Å². The predicted octanol–water partition coefficient (Wildman–Crippen LogP) is 2.34. The van der Waals surface area contributed by atoms with Crippen LogP contribution < -0.4 is 5.32 Å². The molecule has 2 aromatic heterocycles. The number of aliphatic carboxylic acids is 1. The fraction of sp³-hybridized carbons (Fsp3) is 0.200. The second-order valence-electron chi connectivity index (χ2n) is 3.44. The van der Waals surface area contributed by atoms with Crippen molar-refractivity contribution in [3.63, 3.8) is 0 Å². The maximum atomic E-state index is 11.9. The summed E-state index contributed by atoms with van der Waals surface area (Å²) in [5, 5.41) is 21.0. The number of hydrogen-bond donors (Lipinski definition) is 2. The number of carboxylic acids is 1. The summed E-state index contributed by atoms with van der Waals surface area (Å²) >= 11 is 3.59. The zero-order chi connectivity index (χ0) is 13.8. The summed E-state index contributed by atoms with van der Waals surface area (Å²) in [4.78, 5) is 23.0. The molecule has 0 bridgehead atoms. The molecule has 0 saturated carbocycles. The molecule has 0 aliphatic rings. The molecule has 2 heterocycles. The second kappa shape index (κ2) is 6.13. The molecule has 0 aliphatic carbocycles. The lowest BCUT2D eigenvalue weighted by molar-refractivity contribution is -0.133. The van der Waals surface area contributed by atoms with Gasteiger partial charge >= 0.3 is 5.97 Å². The first-order valence-corrected chi connectivity index (χ1v) is 7.78. The summed E-state index contributed by atoms with van der Waals surface area (Å²) in [6.07, 6.45) is 0. The average molecular weight is 315 g/mol. The van der Waals surface area contributed by atoms with Crippen molar-refractivity contribution >= 4 is 51.4 Å². The van der Waals surface area contributed by atoms with Crippen molar-refractivity contribution in [2.24, 2.45) is 0 Å². The Morgan fingerprint density at radius 2 is 2.26 bits per heavy atom. The highest BCUT2D eigenvalue weighted by molar-refractivity contribution is 8.01. The minimum absolute atomic E-state index is 0.0768. The van der Waals surface area contributed by atoms with Gasteiger partial charge in [0.15, 0.2) is 4.34 Å². The number of anilines is 1. The van der Waals surface area contributed by atoms with E-state index in [1.807, 2.05) is 18.4 Å². The number of aromatic nitrogens is 2. The minimum Gasteiger partial charge on any atom is -0.481 e. The number of carbonyl (C=O) groups excluding carboxylic acids is 1. The van der Waals surface area contributed by atoms with Crippen molar-refractivity contribution in [1.29, 1.82) is 0 Å². The van der Waals surface area contributed by atoms with E-state index >= 15 is 0 Å². The van der Waals surface area contributed by atoms with Crippen molar-refractivity contribution in [2.75, 3.05) is 11.1 Å². The number of carbonyl (C=O) groups is 2. The molecular weight excluding hydrogens is 306 g/mol. The minimum atomic E-state index is -0.917. The van der Waals surface area contributed by atoms with Crippen LogP contribution in [0.15, 0.2) is 15.8 Å². The number of thiophene rings is 1. The number of thioether (sulfide) groups is 1. The van der Waals surface area contributed by atoms with Gasteiger partial charge in [-0.2, -0.15) is 0 Å². The Morgan fingerprint density at radius 1 is 1.47 bits per heavy atom. The average Bonchev–Trinajstić information content (AvgIpc) is 2.95. The summed E-state index contributed by atoms with van der Waals surface area (Å²) < 4.78 is 0.514. The van der Waals surface area contributed by atoms with Crippen molar-refractivity contribution in [3.05, 3.63) is 21.9 Å². The van der Waals surface area contributed by atoms with Crippen LogP contribution in [0.2, 0.25) is 0 Å². The van der Waals surface area contributed by atoms with E-state index in [0.717, 1.165) is 28.7 Å².